The Balaban J connectivity index is 1.85. The van der Waals surface area contributed by atoms with Gasteiger partial charge in [0.15, 0.2) is 0 Å². The van der Waals surface area contributed by atoms with Crippen molar-refractivity contribution in [2.45, 2.75) is 39.9 Å². The zero-order valence-electron chi connectivity index (χ0n) is 18.7. The molecule has 5 nitrogen and oxygen atoms in total. The first kappa shape index (κ1) is 21.5. The van der Waals surface area contributed by atoms with Crippen LogP contribution < -0.4 is 5.56 Å². The zero-order chi connectivity index (χ0) is 22.7. The van der Waals surface area contributed by atoms with Gasteiger partial charge in [-0.05, 0) is 50.1 Å². The third kappa shape index (κ3) is 4.06. The summed E-state index contributed by atoms with van der Waals surface area (Å²) in [5.41, 5.74) is 3.16. The highest BCUT2D eigenvalue weighted by Gasteiger charge is 2.27. The van der Waals surface area contributed by atoms with Crippen LogP contribution in [0.25, 0.3) is 10.9 Å². The van der Waals surface area contributed by atoms with Crippen LogP contribution in [0.3, 0.4) is 0 Å². The van der Waals surface area contributed by atoms with Gasteiger partial charge in [0.2, 0.25) is 0 Å². The van der Waals surface area contributed by atoms with E-state index in [9.17, 15) is 9.59 Å². The van der Waals surface area contributed by atoms with Crippen molar-refractivity contribution in [3.05, 3.63) is 112 Å². The fourth-order valence-electron chi connectivity index (χ4n) is 4.08. The van der Waals surface area contributed by atoms with E-state index >= 15 is 0 Å². The molecule has 0 N–H and O–H groups in total. The minimum Gasteiger partial charge on any atom is -0.324 e. The quantitative estimate of drug-likeness (QED) is 0.430. The van der Waals surface area contributed by atoms with E-state index < -0.39 is 6.04 Å². The summed E-state index contributed by atoms with van der Waals surface area (Å²) in [4.78, 5) is 33.6. The van der Waals surface area contributed by atoms with Crippen molar-refractivity contribution >= 4 is 16.8 Å². The summed E-state index contributed by atoms with van der Waals surface area (Å²) in [5, 5.41) is 0.588. The van der Waals surface area contributed by atoms with E-state index in [-0.39, 0.29) is 11.5 Å². The molecule has 3 aromatic carbocycles. The first-order valence-corrected chi connectivity index (χ1v) is 10.9. The summed E-state index contributed by atoms with van der Waals surface area (Å²) < 4.78 is 1.68. The Morgan fingerprint density at radius 3 is 2.34 bits per heavy atom. The lowest BCUT2D eigenvalue weighted by Gasteiger charge is -2.31. The monoisotopic (exact) mass is 425 g/mol. The number of nitrogens with zero attached hydrogens (tertiary/aromatic N) is 3. The Bertz CT molecular complexity index is 1310. The van der Waals surface area contributed by atoms with E-state index in [0.29, 0.717) is 35.4 Å². The van der Waals surface area contributed by atoms with E-state index in [2.05, 4.69) is 0 Å². The lowest BCUT2D eigenvalue weighted by molar-refractivity contribution is 0.0661. The van der Waals surface area contributed by atoms with Crippen LogP contribution in [0.2, 0.25) is 0 Å². The maximum atomic E-state index is 13.7. The van der Waals surface area contributed by atoms with E-state index in [0.717, 1.165) is 11.1 Å². The molecule has 4 rings (SSSR count). The van der Waals surface area contributed by atoms with Crippen LogP contribution >= 0.6 is 0 Å². The molecule has 4 aromatic rings. The molecule has 1 heterocycles. The van der Waals surface area contributed by atoms with Gasteiger partial charge < -0.3 is 4.90 Å². The molecular formula is C27H27N3O2. The van der Waals surface area contributed by atoms with Gasteiger partial charge in [0.1, 0.15) is 5.82 Å². The Morgan fingerprint density at radius 1 is 0.969 bits per heavy atom. The SMILES string of the molecule is CCn1c(C(C)N(Cc2ccccc2)C(=O)c2ccccc2C)nc2ccccc2c1=O. The molecule has 5 heteroatoms. The molecule has 1 unspecified atom stereocenters. The molecule has 0 bridgehead atoms. The molecule has 0 spiro atoms. The average Bonchev–Trinajstić information content (AvgIpc) is 2.82. The highest BCUT2D eigenvalue weighted by molar-refractivity contribution is 5.95. The van der Waals surface area contributed by atoms with E-state index in [1.165, 1.54) is 0 Å². The van der Waals surface area contributed by atoms with Crippen LogP contribution in [0.1, 0.15) is 47.2 Å². The number of aromatic nitrogens is 2. The van der Waals surface area contributed by atoms with Crippen LogP contribution in [0.5, 0.6) is 0 Å². The summed E-state index contributed by atoms with van der Waals surface area (Å²) in [6.45, 7) is 6.71. The van der Waals surface area contributed by atoms with Crippen molar-refractivity contribution < 1.29 is 4.79 Å². The minimum atomic E-state index is -0.403. The van der Waals surface area contributed by atoms with Crippen LogP contribution in [0.4, 0.5) is 0 Å². The Labute approximate surface area is 188 Å². The van der Waals surface area contributed by atoms with Crippen molar-refractivity contribution in [1.82, 2.24) is 14.5 Å². The average molecular weight is 426 g/mol. The maximum absolute atomic E-state index is 13.7. The summed E-state index contributed by atoms with van der Waals surface area (Å²) in [7, 11) is 0. The normalized spacial score (nSPS) is 12.0. The second-order valence-electron chi connectivity index (χ2n) is 7.95. The van der Waals surface area contributed by atoms with Gasteiger partial charge >= 0.3 is 0 Å². The molecule has 32 heavy (non-hydrogen) atoms. The molecule has 0 radical (unpaired) electrons. The first-order valence-electron chi connectivity index (χ1n) is 10.9. The maximum Gasteiger partial charge on any atom is 0.261 e. The molecule has 1 atom stereocenters. The summed E-state index contributed by atoms with van der Waals surface area (Å²) in [5.74, 6) is 0.513. The van der Waals surface area contributed by atoms with E-state index in [1.807, 2.05) is 93.6 Å². The molecule has 0 fully saturated rings. The second kappa shape index (κ2) is 9.18. The summed E-state index contributed by atoms with van der Waals surface area (Å²) in [6.07, 6.45) is 0. The van der Waals surface area contributed by atoms with Gasteiger partial charge in [-0.25, -0.2) is 4.98 Å². The number of hydrogen-bond acceptors (Lipinski definition) is 3. The highest BCUT2D eigenvalue weighted by atomic mass is 16.2. The van der Waals surface area contributed by atoms with Gasteiger partial charge in [-0.3, -0.25) is 14.2 Å². The predicted molar refractivity (Wildman–Crippen MR) is 128 cm³/mol. The zero-order valence-corrected chi connectivity index (χ0v) is 18.7. The number of amides is 1. The minimum absolute atomic E-state index is 0.0792. The third-order valence-corrected chi connectivity index (χ3v) is 5.88. The van der Waals surface area contributed by atoms with Crippen LogP contribution in [-0.4, -0.2) is 20.4 Å². The molecule has 0 saturated heterocycles. The molecule has 1 aromatic heterocycles. The lowest BCUT2D eigenvalue weighted by Crippen LogP contribution is -2.37. The predicted octanol–water partition coefficient (Wildman–Crippen LogP) is 5.13. The fourth-order valence-corrected chi connectivity index (χ4v) is 4.08. The molecule has 162 valence electrons. The van der Waals surface area contributed by atoms with Crippen LogP contribution in [-0.2, 0) is 13.1 Å². The summed E-state index contributed by atoms with van der Waals surface area (Å²) >= 11 is 0. The number of carbonyl (C=O) groups is 1. The van der Waals surface area contributed by atoms with Gasteiger partial charge in [0.25, 0.3) is 11.5 Å². The summed E-state index contributed by atoms with van der Waals surface area (Å²) in [6, 6.07) is 24.5. The van der Waals surface area contributed by atoms with Crippen LogP contribution in [0.15, 0.2) is 83.7 Å². The van der Waals surface area contributed by atoms with Gasteiger partial charge in [-0.15, -0.1) is 0 Å². The van der Waals surface area contributed by atoms with Crippen molar-refractivity contribution in [2.24, 2.45) is 0 Å². The lowest BCUT2D eigenvalue weighted by atomic mass is 10.1. The number of carbonyl (C=O) groups excluding carboxylic acids is 1. The van der Waals surface area contributed by atoms with Gasteiger partial charge in [0.05, 0.1) is 16.9 Å². The number of fused-ring (bicyclic) bond motifs is 1. The smallest absolute Gasteiger partial charge is 0.261 e. The number of benzene rings is 3. The highest BCUT2D eigenvalue weighted by Crippen LogP contribution is 2.25. The number of hydrogen-bond donors (Lipinski definition) is 0. The number of aryl methyl sites for hydroxylation is 1. The van der Waals surface area contributed by atoms with Crippen molar-refractivity contribution in [3.8, 4) is 0 Å². The fraction of sp³-hybridized carbons (Fsp3) is 0.222. The first-order chi connectivity index (χ1) is 15.5. The van der Waals surface area contributed by atoms with Gasteiger partial charge in [-0.1, -0.05) is 60.7 Å². The van der Waals surface area contributed by atoms with Gasteiger partial charge in [-0.2, -0.15) is 0 Å². The molecule has 0 saturated carbocycles. The number of para-hydroxylation sites is 1. The molecule has 0 aliphatic rings. The largest absolute Gasteiger partial charge is 0.324 e. The van der Waals surface area contributed by atoms with Crippen molar-refractivity contribution in [2.75, 3.05) is 0 Å². The molecule has 1 amide bonds. The standard InChI is InChI=1S/C27H27N3O2/c1-4-29-25(28-24-17-11-10-16-23(24)27(29)32)20(3)30(18-21-13-6-5-7-14-21)26(31)22-15-9-8-12-19(22)2/h5-17,20H,4,18H2,1-3H3. The van der Waals surface area contributed by atoms with Crippen molar-refractivity contribution in [3.63, 3.8) is 0 Å². The van der Waals surface area contributed by atoms with E-state index in [4.69, 9.17) is 4.98 Å². The van der Waals surface area contributed by atoms with Crippen molar-refractivity contribution in [1.29, 1.82) is 0 Å². The van der Waals surface area contributed by atoms with E-state index in [1.54, 1.807) is 15.5 Å². The van der Waals surface area contributed by atoms with Gasteiger partial charge in [0, 0.05) is 18.7 Å². The Morgan fingerprint density at radius 2 is 1.62 bits per heavy atom. The number of rotatable bonds is 6. The van der Waals surface area contributed by atoms with Crippen LogP contribution in [0, 0.1) is 6.92 Å². The molecule has 0 aliphatic heterocycles. The Hall–Kier alpha value is -3.73. The Kier molecular flexibility index (Phi) is 6.17. The second-order valence-corrected chi connectivity index (χ2v) is 7.95. The molecule has 0 aliphatic carbocycles. The molecular weight excluding hydrogens is 398 g/mol. The third-order valence-electron chi connectivity index (χ3n) is 5.88. The topological polar surface area (TPSA) is 55.2 Å².